The van der Waals surface area contributed by atoms with Gasteiger partial charge in [-0.25, -0.2) is 4.79 Å². The van der Waals surface area contributed by atoms with Gasteiger partial charge in [-0.3, -0.25) is 0 Å². The van der Waals surface area contributed by atoms with Crippen LogP contribution >= 0.6 is 0 Å². The topological polar surface area (TPSA) is 54.0 Å². The van der Waals surface area contributed by atoms with Gasteiger partial charge < -0.3 is 24.6 Å². The predicted molar refractivity (Wildman–Crippen MR) is 77.2 cm³/mol. The third kappa shape index (κ3) is 3.33. The molecule has 20 heavy (non-hydrogen) atoms. The molecule has 1 aliphatic heterocycles. The van der Waals surface area contributed by atoms with Crippen LogP contribution in [-0.4, -0.2) is 58.1 Å². The van der Waals surface area contributed by atoms with Crippen LogP contribution in [0.5, 0.6) is 5.75 Å². The fraction of sp³-hybridized carbons (Fsp3) is 0.500. The summed E-state index contributed by atoms with van der Waals surface area (Å²) in [5.41, 5.74) is 1.08. The predicted octanol–water partition coefficient (Wildman–Crippen LogP) is 1.13. The summed E-state index contributed by atoms with van der Waals surface area (Å²) >= 11 is 0. The van der Waals surface area contributed by atoms with Gasteiger partial charge in [0.1, 0.15) is 12.5 Å². The highest BCUT2D eigenvalue weighted by atomic mass is 16.5. The van der Waals surface area contributed by atoms with E-state index in [0.717, 1.165) is 24.5 Å². The standard InChI is InChI=1S/C14H21N3O3/c1-19-11-15-14(18)17-9-7-16(8-10-17)12-5-3-4-6-13(12)20-2/h3-6H,7-11H2,1-2H3,(H,15,18). The molecule has 0 radical (unpaired) electrons. The maximum atomic E-state index is 11.8. The lowest BCUT2D eigenvalue weighted by atomic mass is 10.2. The lowest BCUT2D eigenvalue weighted by molar-refractivity contribution is 0.152. The Hall–Kier alpha value is -1.95. The average molecular weight is 279 g/mol. The van der Waals surface area contributed by atoms with Gasteiger partial charge in [0.15, 0.2) is 0 Å². The first-order chi connectivity index (χ1) is 9.76. The summed E-state index contributed by atoms with van der Waals surface area (Å²) in [5.74, 6) is 0.866. The lowest BCUT2D eigenvalue weighted by Gasteiger charge is -2.36. The molecule has 6 heteroatoms. The maximum absolute atomic E-state index is 11.8. The van der Waals surface area contributed by atoms with E-state index in [-0.39, 0.29) is 12.8 Å². The zero-order valence-electron chi connectivity index (χ0n) is 12.0. The summed E-state index contributed by atoms with van der Waals surface area (Å²) in [6, 6.07) is 7.87. The zero-order chi connectivity index (χ0) is 14.4. The van der Waals surface area contributed by atoms with Gasteiger partial charge in [0, 0.05) is 33.3 Å². The van der Waals surface area contributed by atoms with Crippen molar-refractivity contribution < 1.29 is 14.3 Å². The molecular formula is C14H21N3O3. The molecule has 0 bridgehead atoms. The van der Waals surface area contributed by atoms with E-state index < -0.39 is 0 Å². The first kappa shape index (κ1) is 14.5. The van der Waals surface area contributed by atoms with E-state index in [1.165, 1.54) is 0 Å². The van der Waals surface area contributed by atoms with Gasteiger partial charge in [-0.05, 0) is 12.1 Å². The molecule has 2 rings (SSSR count). The monoisotopic (exact) mass is 279 g/mol. The van der Waals surface area contributed by atoms with Gasteiger partial charge in [-0.1, -0.05) is 12.1 Å². The summed E-state index contributed by atoms with van der Waals surface area (Å²) in [5, 5.41) is 2.70. The largest absolute Gasteiger partial charge is 0.495 e. The summed E-state index contributed by atoms with van der Waals surface area (Å²) in [6.07, 6.45) is 0. The van der Waals surface area contributed by atoms with Gasteiger partial charge in [0.05, 0.1) is 12.8 Å². The molecule has 0 atom stereocenters. The number of benzene rings is 1. The zero-order valence-corrected chi connectivity index (χ0v) is 12.0. The number of piperazine rings is 1. The Morgan fingerprint density at radius 3 is 2.55 bits per heavy atom. The SMILES string of the molecule is COCNC(=O)N1CCN(c2ccccc2OC)CC1. The minimum atomic E-state index is -0.0773. The smallest absolute Gasteiger partial charge is 0.319 e. The Labute approximate surface area is 119 Å². The van der Waals surface area contributed by atoms with E-state index in [1.54, 1.807) is 19.1 Å². The van der Waals surface area contributed by atoms with E-state index in [2.05, 4.69) is 10.2 Å². The maximum Gasteiger partial charge on any atom is 0.319 e. The van der Waals surface area contributed by atoms with Crippen molar-refractivity contribution in [2.45, 2.75) is 0 Å². The number of ether oxygens (including phenoxy) is 2. The van der Waals surface area contributed by atoms with Crippen molar-refractivity contribution in [3.05, 3.63) is 24.3 Å². The van der Waals surface area contributed by atoms with E-state index >= 15 is 0 Å². The molecule has 1 saturated heterocycles. The molecule has 0 aliphatic carbocycles. The molecule has 1 aromatic rings. The molecule has 1 heterocycles. The van der Waals surface area contributed by atoms with Crippen LogP contribution < -0.4 is 15.0 Å². The third-order valence-corrected chi connectivity index (χ3v) is 3.36. The second-order valence-electron chi connectivity index (χ2n) is 4.56. The van der Waals surface area contributed by atoms with Crippen LogP contribution in [-0.2, 0) is 4.74 Å². The summed E-state index contributed by atoms with van der Waals surface area (Å²) < 4.78 is 10.2. The van der Waals surface area contributed by atoms with Gasteiger partial charge in [-0.15, -0.1) is 0 Å². The summed E-state index contributed by atoms with van der Waals surface area (Å²) in [6.45, 7) is 3.20. The Morgan fingerprint density at radius 2 is 1.90 bits per heavy atom. The Bertz CT molecular complexity index is 445. The van der Waals surface area contributed by atoms with Gasteiger partial charge in [0.25, 0.3) is 0 Å². The van der Waals surface area contributed by atoms with Crippen LogP contribution in [0.1, 0.15) is 0 Å². The molecule has 1 aliphatic rings. The number of rotatable bonds is 4. The number of amides is 2. The van der Waals surface area contributed by atoms with Gasteiger partial charge in [-0.2, -0.15) is 0 Å². The first-order valence-electron chi connectivity index (χ1n) is 6.66. The van der Waals surface area contributed by atoms with Gasteiger partial charge >= 0.3 is 6.03 Å². The quantitative estimate of drug-likeness (QED) is 0.840. The van der Waals surface area contributed by atoms with Crippen molar-refractivity contribution in [3.8, 4) is 5.75 Å². The van der Waals surface area contributed by atoms with Crippen LogP contribution in [0.4, 0.5) is 10.5 Å². The molecule has 1 fully saturated rings. The van der Waals surface area contributed by atoms with Crippen molar-refractivity contribution in [3.63, 3.8) is 0 Å². The second-order valence-corrected chi connectivity index (χ2v) is 4.56. The first-order valence-corrected chi connectivity index (χ1v) is 6.66. The fourth-order valence-corrected chi connectivity index (χ4v) is 2.29. The molecule has 2 amide bonds. The average Bonchev–Trinajstić information content (AvgIpc) is 2.52. The summed E-state index contributed by atoms with van der Waals surface area (Å²) in [7, 11) is 3.23. The van der Waals surface area contributed by atoms with Crippen LogP contribution in [0, 0.1) is 0 Å². The molecule has 0 spiro atoms. The van der Waals surface area contributed by atoms with Crippen molar-refractivity contribution in [2.24, 2.45) is 0 Å². The van der Waals surface area contributed by atoms with E-state index in [4.69, 9.17) is 9.47 Å². The molecule has 1 aromatic carbocycles. The molecule has 0 aromatic heterocycles. The van der Waals surface area contributed by atoms with Gasteiger partial charge in [0.2, 0.25) is 0 Å². The highest BCUT2D eigenvalue weighted by Gasteiger charge is 2.22. The number of urea groups is 1. The number of nitrogens with one attached hydrogen (secondary N) is 1. The molecule has 1 N–H and O–H groups in total. The highest BCUT2D eigenvalue weighted by Crippen LogP contribution is 2.28. The van der Waals surface area contributed by atoms with Crippen LogP contribution in [0.25, 0.3) is 0 Å². The number of hydrogen-bond donors (Lipinski definition) is 1. The number of nitrogens with zero attached hydrogens (tertiary/aromatic N) is 2. The number of methoxy groups -OCH3 is 2. The molecule has 0 unspecified atom stereocenters. The fourth-order valence-electron chi connectivity index (χ4n) is 2.29. The van der Waals surface area contributed by atoms with E-state index in [1.807, 2.05) is 24.3 Å². The number of hydrogen-bond acceptors (Lipinski definition) is 4. The normalized spacial score (nSPS) is 15.1. The lowest BCUT2D eigenvalue weighted by Crippen LogP contribution is -2.52. The van der Waals surface area contributed by atoms with Crippen molar-refractivity contribution >= 4 is 11.7 Å². The van der Waals surface area contributed by atoms with E-state index in [9.17, 15) is 4.79 Å². The number of carbonyl (C=O) groups is 1. The number of anilines is 1. The van der Waals surface area contributed by atoms with Crippen molar-refractivity contribution in [2.75, 3.05) is 52.0 Å². The Kier molecular flexibility index (Phi) is 5.06. The second kappa shape index (κ2) is 7.00. The number of para-hydroxylation sites is 2. The Balaban J connectivity index is 1.92. The van der Waals surface area contributed by atoms with Crippen LogP contribution in [0.3, 0.4) is 0 Å². The molecule has 0 saturated carbocycles. The minimum Gasteiger partial charge on any atom is -0.495 e. The summed E-state index contributed by atoms with van der Waals surface area (Å²) in [4.78, 5) is 15.8. The third-order valence-electron chi connectivity index (χ3n) is 3.36. The van der Waals surface area contributed by atoms with E-state index in [0.29, 0.717) is 13.1 Å². The molecule has 110 valence electrons. The Morgan fingerprint density at radius 1 is 1.20 bits per heavy atom. The highest BCUT2D eigenvalue weighted by molar-refractivity contribution is 5.74. The molecule has 6 nitrogen and oxygen atoms in total. The number of carbonyl (C=O) groups excluding carboxylic acids is 1. The van der Waals surface area contributed by atoms with Crippen LogP contribution in [0.2, 0.25) is 0 Å². The van der Waals surface area contributed by atoms with Crippen molar-refractivity contribution in [1.82, 2.24) is 10.2 Å². The van der Waals surface area contributed by atoms with Crippen LogP contribution in [0.15, 0.2) is 24.3 Å². The minimum absolute atomic E-state index is 0.0773. The molecular weight excluding hydrogens is 258 g/mol. The van der Waals surface area contributed by atoms with Crippen molar-refractivity contribution in [1.29, 1.82) is 0 Å².